The SMILES string of the molecule is CC.CC(F)F.COCCOC(=O)C(Cc1ccc(-n2c(=O)c3ccncc3n(C)c2=O)c2ncccc12)NC(=O)c1c(C)cc(N2CCOCC2)cc1F. The molecule has 1 aliphatic rings. The van der Waals surface area contributed by atoms with Crippen molar-refractivity contribution in [2.75, 3.05) is 51.5 Å². The minimum atomic E-state index is -2.17. The number of anilines is 1. The number of nitrogens with zero attached hydrogens (tertiary/aromatic N) is 5. The number of rotatable bonds is 10. The zero-order valence-corrected chi connectivity index (χ0v) is 31.6. The van der Waals surface area contributed by atoms with Gasteiger partial charge in [-0.15, -0.1) is 0 Å². The summed E-state index contributed by atoms with van der Waals surface area (Å²) in [6.07, 6.45) is 2.22. The van der Waals surface area contributed by atoms with Crippen molar-refractivity contribution >= 4 is 39.4 Å². The predicted molar refractivity (Wildman–Crippen MR) is 203 cm³/mol. The van der Waals surface area contributed by atoms with Crippen molar-refractivity contribution in [3.63, 3.8) is 0 Å². The van der Waals surface area contributed by atoms with Gasteiger partial charge in [-0.2, -0.15) is 0 Å². The number of aromatic nitrogens is 4. The largest absolute Gasteiger partial charge is 0.462 e. The molecule has 0 spiro atoms. The Morgan fingerprint density at radius 3 is 2.40 bits per heavy atom. The molecule has 1 atom stereocenters. The average molecular weight is 767 g/mol. The number of aryl methyl sites for hydroxylation is 2. The molecule has 0 radical (unpaired) electrons. The number of alkyl halides is 2. The lowest BCUT2D eigenvalue weighted by atomic mass is 9.99. The number of ether oxygens (including phenoxy) is 3. The van der Waals surface area contributed by atoms with Gasteiger partial charge < -0.3 is 24.4 Å². The monoisotopic (exact) mass is 766 g/mol. The van der Waals surface area contributed by atoms with Gasteiger partial charge >= 0.3 is 11.7 Å². The van der Waals surface area contributed by atoms with Crippen LogP contribution in [0.15, 0.2) is 70.6 Å². The Hall–Kier alpha value is -5.61. The molecular formula is C39H45F3N6O7. The van der Waals surface area contributed by atoms with Crippen LogP contribution in [0.3, 0.4) is 0 Å². The fourth-order valence-electron chi connectivity index (χ4n) is 6.07. The number of hydrogen-bond donors (Lipinski definition) is 1. The molecule has 6 rings (SSSR count). The van der Waals surface area contributed by atoms with Gasteiger partial charge in [0.15, 0.2) is 0 Å². The number of fused-ring (bicyclic) bond motifs is 2. The average Bonchev–Trinajstić information content (AvgIpc) is 3.18. The number of carbonyl (C=O) groups is 2. The molecule has 1 aliphatic heterocycles. The summed E-state index contributed by atoms with van der Waals surface area (Å²) in [6, 6.07) is 10.0. The molecule has 1 N–H and O–H groups in total. The normalized spacial score (nSPS) is 13.1. The molecular weight excluding hydrogens is 721 g/mol. The molecule has 1 saturated heterocycles. The zero-order chi connectivity index (χ0) is 40.2. The Balaban J connectivity index is 0.00000105. The van der Waals surface area contributed by atoms with Gasteiger partial charge in [0, 0.05) is 57.1 Å². The molecule has 1 amide bonds. The van der Waals surface area contributed by atoms with Crippen molar-refractivity contribution in [3.8, 4) is 5.69 Å². The number of pyridine rings is 2. The van der Waals surface area contributed by atoms with E-state index in [1.165, 1.54) is 36.3 Å². The highest BCUT2D eigenvalue weighted by molar-refractivity contribution is 5.99. The number of halogens is 3. The van der Waals surface area contributed by atoms with E-state index in [0.29, 0.717) is 64.9 Å². The Morgan fingerprint density at radius 2 is 1.73 bits per heavy atom. The first kappa shape index (κ1) is 42.1. The number of nitrogens with one attached hydrogen (secondary N) is 1. The second-order valence-corrected chi connectivity index (χ2v) is 12.1. The van der Waals surface area contributed by atoms with Gasteiger partial charge in [-0.05, 0) is 55.3 Å². The fraction of sp³-hybridized carbons (Fsp3) is 0.385. The van der Waals surface area contributed by atoms with Crippen molar-refractivity contribution in [3.05, 3.63) is 104 Å². The first-order valence-electron chi connectivity index (χ1n) is 17.7. The van der Waals surface area contributed by atoms with Crippen LogP contribution in [0, 0.1) is 12.7 Å². The predicted octanol–water partition coefficient (Wildman–Crippen LogP) is 4.75. The second kappa shape index (κ2) is 19.6. The third kappa shape index (κ3) is 9.93. The lowest BCUT2D eigenvalue weighted by Crippen LogP contribution is -2.44. The van der Waals surface area contributed by atoms with Gasteiger partial charge in [0.25, 0.3) is 11.5 Å². The zero-order valence-electron chi connectivity index (χ0n) is 31.6. The summed E-state index contributed by atoms with van der Waals surface area (Å²) in [5.74, 6) is -2.25. The van der Waals surface area contributed by atoms with Crippen LogP contribution >= 0.6 is 0 Å². The molecule has 2 aromatic carbocycles. The summed E-state index contributed by atoms with van der Waals surface area (Å²) in [4.78, 5) is 64.6. The summed E-state index contributed by atoms with van der Waals surface area (Å²) in [5, 5.41) is 3.51. The molecule has 1 unspecified atom stereocenters. The number of morpholine rings is 1. The lowest BCUT2D eigenvalue weighted by molar-refractivity contribution is -0.147. The molecule has 13 nitrogen and oxygen atoms in total. The summed E-state index contributed by atoms with van der Waals surface area (Å²) in [6.45, 7) is 8.79. The van der Waals surface area contributed by atoms with Crippen LogP contribution in [-0.2, 0) is 32.5 Å². The molecule has 3 aromatic heterocycles. The Kier molecular flexibility index (Phi) is 15.0. The molecule has 0 aliphatic carbocycles. The Bertz CT molecular complexity index is 2210. The maximum Gasteiger partial charge on any atom is 0.335 e. The summed E-state index contributed by atoms with van der Waals surface area (Å²) in [7, 11) is 3.01. The van der Waals surface area contributed by atoms with Gasteiger partial charge in [0.05, 0.1) is 53.7 Å². The van der Waals surface area contributed by atoms with E-state index in [2.05, 4.69) is 15.3 Å². The molecule has 0 saturated carbocycles. The number of methoxy groups -OCH3 is 1. The number of hydrogen-bond acceptors (Lipinski definition) is 10. The minimum absolute atomic E-state index is 0.0612. The van der Waals surface area contributed by atoms with Crippen molar-refractivity contribution < 1.29 is 37.0 Å². The highest BCUT2D eigenvalue weighted by Gasteiger charge is 2.28. The highest BCUT2D eigenvalue weighted by Crippen LogP contribution is 2.26. The number of amides is 1. The van der Waals surface area contributed by atoms with E-state index in [4.69, 9.17) is 14.2 Å². The van der Waals surface area contributed by atoms with E-state index in [9.17, 15) is 28.0 Å². The maximum absolute atomic E-state index is 15.5. The smallest absolute Gasteiger partial charge is 0.335 e. The quantitative estimate of drug-likeness (QED) is 0.156. The van der Waals surface area contributed by atoms with Crippen LogP contribution in [0.5, 0.6) is 0 Å². The molecule has 1 fully saturated rings. The standard InChI is InChI=1S/C35H35FN6O7.C2H4F2.C2H6/c1-21-17-23(41-11-13-48-14-12-41)19-26(36)30(21)32(43)39-27(34(45)49-16-15-47-3)18-22-6-7-28(31-24(22)5-4-9-38-31)42-33(44)25-8-10-37-20-29(25)40(2)35(42)46;1-2(3)4;1-2/h4-10,17,19-20,27H,11-16,18H2,1-3H3,(H,39,43);2H,1H3;1-2H3. The first-order valence-corrected chi connectivity index (χ1v) is 17.7. The lowest BCUT2D eigenvalue weighted by Gasteiger charge is -2.29. The van der Waals surface area contributed by atoms with Crippen LogP contribution < -0.4 is 21.5 Å². The summed E-state index contributed by atoms with van der Waals surface area (Å²) >= 11 is 0. The van der Waals surface area contributed by atoms with E-state index in [0.717, 1.165) is 11.5 Å². The van der Waals surface area contributed by atoms with Gasteiger partial charge in [0.1, 0.15) is 18.5 Å². The minimum Gasteiger partial charge on any atom is -0.462 e. The van der Waals surface area contributed by atoms with Gasteiger partial charge in [-0.25, -0.2) is 27.3 Å². The second-order valence-electron chi connectivity index (χ2n) is 12.1. The van der Waals surface area contributed by atoms with Crippen LogP contribution in [0.2, 0.25) is 0 Å². The summed E-state index contributed by atoms with van der Waals surface area (Å²) < 4.78 is 54.4. The van der Waals surface area contributed by atoms with E-state index in [-0.39, 0.29) is 30.9 Å². The van der Waals surface area contributed by atoms with Crippen LogP contribution in [-0.4, -0.2) is 90.1 Å². The van der Waals surface area contributed by atoms with E-state index < -0.39 is 41.4 Å². The van der Waals surface area contributed by atoms with Gasteiger partial charge in [-0.3, -0.25) is 24.1 Å². The van der Waals surface area contributed by atoms with Crippen molar-refractivity contribution in [2.45, 2.75) is 46.6 Å². The molecule has 16 heteroatoms. The van der Waals surface area contributed by atoms with Crippen LogP contribution in [0.25, 0.3) is 27.5 Å². The Morgan fingerprint density at radius 1 is 1.02 bits per heavy atom. The fourth-order valence-corrected chi connectivity index (χ4v) is 6.07. The third-order valence-corrected chi connectivity index (χ3v) is 8.57. The van der Waals surface area contributed by atoms with Crippen molar-refractivity contribution in [2.24, 2.45) is 7.05 Å². The molecule has 294 valence electrons. The van der Waals surface area contributed by atoms with E-state index in [1.54, 1.807) is 50.4 Å². The van der Waals surface area contributed by atoms with E-state index in [1.807, 2.05) is 18.7 Å². The molecule has 5 aromatic rings. The van der Waals surface area contributed by atoms with Gasteiger partial charge in [0.2, 0.25) is 6.43 Å². The molecule has 4 heterocycles. The maximum atomic E-state index is 15.5. The van der Waals surface area contributed by atoms with Crippen molar-refractivity contribution in [1.29, 1.82) is 0 Å². The Labute approximate surface area is 315 Å². The first-order chi connectivity index (χ1) is 26.4. The van der Waals surface area contributed by atoms with Crippen LogP contribution in [0.1, 0.15) is 42.3 Å². The van der Waals surface area contributed by atoms with Crippen molar-refractivity contribution in [1.82, 2.24) is 24.4 Å². The molecule has 55 heavy (non-hydrogen) atoms. The number of carbonyl (C=O) groups excluding carboxylic acids is 2. The molecule has 0 bridgehead atoms. The van der Waals surface area contributed by atoms with Gasteiger partial charge in [-0.1, -0.05) is 26.0 Å². The topological polar surface area (TPSA) is 147 Å². The number of esters is 1. The highest BCUT2D eigenvalue weighted by atomic mass is 19.3. The summed E-state index contributed by atoms with van der Waals surface area (Å²) in [5.41, 5.74) is 1.25. The van der Waals surface area contributed by atoms with Crippen LogP contribution in [0.4, 0.5) is 18.9 Å². The number of benzene rings is 2. The van der Waals surface area contributed by atoms with E-state index >= 15 is 4.39 Å². The third-order valence-electron chi connectivity index (χ3n) is 8.57.